The van der Waals surface area contributed by atoms with Gasteiger partial charge in [0.15, 0.2) is 24.6 Å². The van der Waals surface area contributed by atoms with Crippen molar-refractivity contribution < 1.29 is 38.0 Å². The number of hydrogen-bond acceptors (Lipinski definition) is 8. The van der Waals surface area contributed by atoms with Gasteiger partial charge < -0.3 is 33.2 Å². The average Bonchev–Trinajstić information content (AvgIpc) is 3.04. The maximum Gasteiger partial charge on any atom is 0.192 e. The van der Waals surface area contributed by atoms with Crippen molar-refractivity contribution >= 4 is 26.2 Å². The van der Waals surface area contributed by atoms with Gasteiger partial charge in [0.2, 0.25) is 0 Å². The lowest BCUT2D eigenvalue weighted by molar-refractivity contribution is -0.149. The van der Waals surface area contributed by atoms with E-state index in [2.05, 4.69) is 19.6 Å². The molecule has 0 aliphatic carbocycles. The van der Waals surface area contributed by atoms with Gasteiger partial charge in [0, 0.05) is 19.4 Å². The third kappa shape index (κ3) is 8.35. The summed E-state index contributed by atoms with van der Waals surface area (Å²) in [5.41, 5.74) is 0.999. The van der Waals surface area contributed by atoms with Gasteiger partial charge in [0.1, 0.15) is 24.2 Å². The van der Waals surface area contributed by atoms with Crippen LogP contribution in [0.4, 0.5) is 0 Å². The fourth-order valence-electron chi connectivity index (χ4n) is 3.41. The molecule has 8 nitrogen and oxygen atoms in total. The number of carbonyl (C=O) groups excluding carboxylic acids is 2. The van der Waals surface area contributed by atoms with E-state index in [4.69, 9.17) is 28.4 Å². The van der Waals surface area contributed by atoms with Crippen LogP contribution in [0.25, 0.3) is 6.08 Å². The maximum absolute atomic E-state index is 13.1. The number of rotatable bonds is 13. The highest BCUT2D eigenvalue weighted by molar-refractivity contribution is 6.76. The first-order chi connectivity index (χ1) is 15.5. The van der Waals surface area contributed by atoms with Crippen LogP contribution in [0.1, 0.15) is 36.2 Å². The van der Waals surface area contributed by atoms with Crippen LogP contribution in [0.3, 0.4) is 0 Å². The molecule has 1 saturated heterocycles. The van der Waals surface area contributed by atoms with Crippen LogP contribution in [0.2, 0.25) is 19.6 Å². The number of hydrogen-bond donors (Lipinski definition) is 0. The molecule has 1 aliphatic rings. The second-order valence-corrected chi connectivity index (χ2v) is 14.9. The van der Waals surface area contributed by atoms with E-state index in [0.717, 1.165) is 6.29 Å². The molecular weight excluding hydrogens is 444 g/mol. The van der Waals surface area contributed by atoms with E-state index < -0.39 is 26.1 Å². The molecule has 1 aliphatic heterocycles. The zero-order valence-corrected chi connectivity index (χ0v) is 21.6. The Hall–Kier alpha value is -2.04. The average molecular weight is 481 g/mol. The van der Waals surface area contributed by atoms with Crippen molar-refractivity contribution in [3.63, 3.8) is 0 Å². The monoisotopic (exact) mass is 480 g/mol. The molecule has 1 aromatic carbocycles. The molecule has 1 heterocycles. The van der Waals surface area contributed by atoms with Crippen molar-refractivity contribution in [2.24, 2.45) is 0 Å². The van der Waals surface area contributed by atoms with Gasteiger partial charge in [-0.05, 0) is 31.9 Å². The summed E-state index contributed by atoms with van der Waals surface area (Å²) in [6, 6.07) is 3.41. The van der Waals surface area contributed by atoms with Crippen molar-refractivity contribution in [1.29, 1.82) is 0 Å². The normalized spacial score (nSPS) is 20.2. The molecule has 0 amide bonds. The molecular formula is C24H36O8Si. The zero-order chi connectivity index (χ0) is 24.6. The minimum atomic E-state index is -1.46. The van der Waals surface area contributed by atoms with Crippen molar-refractivity contribution in [3.8, 4) is 11.5 Å². The van der Waals surface area contributed by atoms with E-state index in [1.807, 2.05) is 6.08 Å². The molecule has 2 atom stereocenters. The number of ether oxygens (including phenoxy) is 6. The van der Waals surface area contributed by atoms with Gasteiger partial charge in [0.25, 0.3) is 0 Å². The first-order valence-electron chi connectivity index (χ1n) is 10.9. The second kappa shape index (κ2) is 11.9. The first-order valence-corrected chi connectivity index (χ1v) is 14.6. The Morgan fingerprint density at radius 2 is 1.91 bits per heavy atom. The summed E-state index contributed by atoms with van der Waals surface area (Å²) in [4.78, 5) is 24.5. The summed E-state index contributed by atoms with van der Waals surface area (Å²) in [6.45, 7) is 9.99. The Bertz CT molecular complexity index is 844. The number of Topliss-reactive ketones (excluding diaryl/α,β-unsaturated/α-hetero) is 1. The molecule has 2 rings (SSSR count). The summed E-state index contributed by atoms with van der Waals surface area (Å²) in [6.07, 6.45) is 4.34. The topological polar surface area (TPSA) is 89.5 Å². The van der Waals surface area contributed by atoms with Gasteiger partial charge >= 0.3 is 0 Å². The summed E-state index contributed by atoms with van der Waals surface area (Å²) in [5, 5.41) is 0. The van der Waals surface area contributed by atoms with Crippen molar-refractivity contribution in [2.75, 3.05) is 33.8 Å². The van der Waals surface area contributed by atoms with Crippen LogP contribution in [-0.4, -0.2) is 72.0 Å². The Balaban J connectivity index is 2.30. The first kappa shape index (κ1) is 27.2. The number of aldehydes is 1. The predicted octanol–water partition coefficient (Wildman–Crippen LogP) is 3.88. The summed E-state index contributed by atoms with van der Waals surface area (Å²) in [7, 11) is 1.59. The lowest BCUT2D eigenvalue weighted by Gasteiger charge is -2.18. The summed E-state index contributed by atoms with van der Waals surface area (Å²) in [5.74, 6) is -0.137. The predicted molar refractivity (Wildman–Crippen MR) is 128 cm³/mol. The van der Waals surface area contributed by atoms with Crippen LogP contribution in [0.15, 0.2) is 18.2 Å². The molecule has 0 N–H and O–H groups in total. The van der Waals surface area contributed by atoms with E-state index in [1.54, 1.807) is 39.2 Å². The van der Waals surface area contributed by atoms with Crippen molar-refractivity contribution in [2.45, 2.75) is 57.9 Å². The summed E-state index contributed by atoms with van der Waals surface area (Å²) >= 11 is 0. The van der Waals surface area contributed by atoms with Crippen LogP contribution < -0.4 is 9.47 Å². The second-order valence-electron chi connectivity index (χ2n) is 9.53. The lowest BCUT2D eigenvalue weighted by Crippen LogP contribution is -2.29. The van der Waals surface area contributed by atoms with Gasteiger partial charge in [-0.2, -0.15) is 0 Å². The highest BCUT2D eigenvalue weighted by Crippen LogP contribution is 2.32. The molecule has 0 radical (unpaired) electrons. The fraction of sp³-hybridized carbons (Fsp3) is 0.583. The van der Waals surface area contributed by atoms with Gasteiger partial charge in [-0.25, -0.2) is 0 Å². The minimum Gasteiger partial charge on any atom is -0.497 e. The largest absolute Gasteiger partial charge is 0.497 e. The van der Waals surface area contributed by atoms with E-state index in [1.165, 1.54) is 7.11 Å². The Kier molecular flexibility index (Phi) is 9.80. The van der Waals surface area contributed by atoms with Crippen LogP contribution in [0.5, 0.6) is 11.5 Å². The lowest BCUT2D eigenvalue weighted by atomic mass is 10.0. The van der Waals surface area contributed by atoms with E-state index >= 15 is 0 Å². The van der Waals surface area contributed by atoms with Crippen molar-refractivity contribution in [3.05, 3.63) is 29.3 Å². The van der Waals surface area contributed by atoms with Gasteiger partial charge in [0.05, 0.1) is 26.9 Å². The minimum absolute atomic E-state index is 0.0181. The highest BCUT2D eigenvalue weighted by atomic mass is 28.3. The molecule has 0 spiro atoms. The molecule has 0 bridgehead atoms. The number of benzene rings is 1. The standard InChI is InChI=1S/C24H36O8Si/c1-24(2)31-20(22(13-25)32-24)10-8-9-17-11-18(28-4)12-21(30-15-27-3)23(17)19(26)14-29-16-33(5,6)7/h8-9,11-13,20,22H,10,14-16H2,1-7H3/b9-8+/t20-,22+/m0/s1. The third-order valence-corrected chi connectivity index (χ3v) is 5.81. The van der Waals surface area contributed by atoms with Gasteiger partial charge in [-0.1, -0.05) is 31.8 Å². The third-order valence-electron chi connectivity index (χ3n) is 4.74. The van der Waals surface area contributed by atoms with E-state index in [9.17, 15) is 9.59 Å². The van der Waals surface area contributed by atoms with Crippen molar-refractivity contribution in [1.82, 2.24) is 0 Å². The molecule has 1 fully saturated rings. The molecule has 0 unspecified atom stereocenters. The molecule has 33 heavy (non-hydrogen) atoms. The van der Waals surface area contributed by atoms with Crippen LogP contribution >= 0.6 is 0 Å². The smallest absolute Gasteiger partial charge is 0.192 e. The molecule has 184 valence electrons. The van der Waals surface area contributed by atoms with Gasteiger partial charge in [-0.15, -0.1) is 0 Å². The number of carbonyl (C=O) groups is 2. The number of methoxy groups -OCH3 is 2. The fourth-order valence-corrected chi connectivity index (χ4v) is 4.12. The zero-order valence-electron chi connectivity index (χ0n) is 20.6. The highest BCUT2D eigenvalue weighted by Gasteiger charge is 2.40. The molecule has 0 aromatic heterocycles. The Morgan fingerprint density at radius 1 is 1.18 bits per heavy atom. The molecule has 9 heteroatoms. The molecule has 0 saturated carbocycles. The van der Waals surface area contributed by atoms with Crippen LogP contribution in [0, 0.1) is 0 Å². The molecule has 1 aromatic rings. The van der Waals surface area contributed by atoms with Gasteiger partial charge in [-0.3, -0.25) is 4.79 Å². The van der Waals surface area contributed by atoms with E-state index in [0.29, 0.717) is 35.3 Å². The maximum atomic E-state index is 13.1. The SMILES string of the molecule is COCOc1cc(OC)cc(/C=C/C[C@@H]2OC(C)(C)O[C@@H]2C=O)c1C(=O)COC[Si](C)(C)C. The quantitative estimate of drug-likeness (QED) is 0.182. The summed E-state index contributed by atoms with van der Waals surface area (Å²) < 4.78 is 33.2. The Morgan fingerprint density at radius 3 is 2.52 bits per heavy atom. The van der Waals surface area contributed by atoms with E-state index in [-0.39, 0.29) is 19.2 Å². The number of ketones is 1. The van der Waals surface area contributed by atoms with Crippen LogP contribution in [-0.2, 0) is 23.7 Å². The Labute approximate surface area is 197 Å².